The lowest BCUT2D eigenvalue weighted by molar-refractivity contribution is -0.144. The summed E-state index contributed by atoms with van der Waals surface area (Å²) in [4.78, 5) is 26.3. The van der Waals surface area contributed by atoms with Crippen LogP contribution < -0.4 is 5.73 Å². The van der Waals surface area contributed by atoms with Gasteiger partial charge in [0.25, 0.3) is 0 Å². The van der Waals surface area contributed by atoms with Crippen molar-refractivity contribution in [3.63, 3.8) is 0 Å². The molecule has 1 heterocycles. The van der Waals surface area contributed by atoms with Crippen molar-refractivity contribution in [2.45, 2.75) is 38.7 Å². The Hall–Kier alpha value is -1.88. The summed E-state index contributed by atoms with van der Waals surface area (Å²) in [6, 6.07) is 9.79. The lowest BCUT2D eigenvalue weighted by Crippen LogP contribution is -2.53. The molecule has 3 rings (SSSR count). The summed E-state index contributed by atoms with van der Waals surface area (Å²) in [5.74, 6) is 0.311. The third kappa shape index (κ3) is 4.15. The van der Waals surface area contributed by atoms with Crippen LogP contribution in [-0.4, -0.2) is 36.4 Å². The van der Waals surface area contributed by atoms with Crippen LogP contribution in [0, 0.1) is 11.3 Å². The Morgan fingerprint density at radius 1 is 1.25 bits per heavy atom. The number of benzene rings is 1. The van der Waals surface area contributed by atoms with Gasteiger partial charge in [0.15, 0.2) is 0 Å². The second-order valence-corrected chi connectivity index (χ2v) is 7.19. The predicted molar refractivity (Wildman–Crippen MR) is 90.9 cm³/mol. The van der Waals surface area contributed by atoms with Gasteiger partial charge < -0.3 is 15.4 Å². The lowest BCUT2D eigenvalue weighted by atomic mass is 9.75. The van der Waals surface area contributed by atoms with Gasteiger partial charge in [0.2, 0.25) is 11.8 Å². The summed E-state index contributed by atoms with van der Waals surface area (Å²) in [5.41, 5.74) is 6.22. The molecule has 130 valence electrons. The number of piperidine rings is 1. The number of primary amides is 1. The summed E-state index contributed by atoms with van der Waals surface area (Å²) in [7, 11) is 0. The normalized spacial score (nSPS) is 23.9. The topological polar surface area (TPSA) is 72.6 Å². The number of hydrogen-bond donors (Lipinski definition) is 1. The molecule has 1 aliphatic heterocycles. The van der Waals surface area contributed by atoms with E-state index in [1.807, 2.05) is 30.3 Å². The minimum absolute atomic E-state index is 0.0488. The van der Waals surface area contributed by atoms with Crippen molar-refractivity contribution < 1.29 is 14.3 Å². The fourth-order valence-electron chi connectivity index (χ4n) is 3.61. The first kappa shape index (κ1) is 17.0. The molecule has 2 aliphatic rings. The highest BCUT2D eigenvalue weighted by Gasteiger charge is 2.45. The number of amides is 2. The average Bonchev–Trinajstić information content (AvgIpc) is 3.39. The van der Waals surface area contributed by atoms with E-state index in [0.29, 0.717) is 25.6 Å². The Balaban J connectivity index is 1.53. The van der Waals surface area contributed by atoms with Crippen LogP contribution in [0.15, 0.2) is 30.3 Å². The molecule has 1 saturated carbocycles. The maximum Gasteiger partial charge on any atom is 0.248 e. The maximum absolute atomic E-state index is 12.4. The zero-order valence-corrected chi connectivity index (χ0v) is 14.1. The van der Waals surface area contributed by atoms with E-state index in [4.69, 9.17) is 10.5 Å². The maximum atomic E-state index is 12.4. The highest BCUT2D eigenvalue weighted by Crippen LogP contribution is 2.44. The van der Waals surface area contributed by atoms with E-state index in [9.17, 15) is 9.59 Å². The second-order valence-electron chi connectivity index (χ2n) is 7.19. The van der Waals surface area contributed by atoms with Crippen molar-refractivity contribution in [3.8, 4) is 0 Å². The van der Waals surface area contributed by atoms with Crippen molar-refractivity contribution in [2.24, 2.45) is 17.1 Å². The van der Waals surface area contributed by atoms with Gasteiger partial charge in [-0.15, -0.1) is 0 Å². The highest BCUT2D eigenvalue weighted by molar-refractivity contribution is 5.83. The van der Waals surface area contributed by atoms with E-state index >= 15 is 0 Å². The Morgan fingerprint density at radius 2 is 2.00 bits per heavy atom. The number of nitrogens with zero attached hydrogens (tertiary/aromatic N) is 1. The number of carbonyl (C=O) groups is 2. The lowest BCUT2D eigenvalue weighted by Gasteiger charge is -2.41. The molecule has 5 nitrogen and oxygen atoms in total. The largest absolute Gasteiger partial charge is 0.369 e. The van der Waals surface area contributed by atoms with E-state index in [1.165, 1.54) is 12.8 Å². The summed E-state index contributed by atoms with van der Waals surface area (Å²) in [6.07, 6.45) is 4.83. The van der Waals surface area contributed by atoms with Gasteiger partial charge >= 0.3 is 0 Å². The van der Waals surface area contributed by atoms with E-state index in [0.717, 1.165) is 24.8 Å². The third-order valence-corrected chi connectivity index (χ3v) is 5.17. The number of carbonyl (C=O) groups excluding carboxylic acids is 2. The van der Waals surface area contributed by atoms with Gasteiger partial charge in [0, 0.05) is 13.1 Å². The van der Waals surface area contributed by atoms with Crippen LogP contribution in [0.25, 0.3) is 0 Å². The molecule has 0 bridgehead atoms. The fraction of sp³-hybridized carbons (Fsp3) is 0.579. The van der Waals surface area contributed by atoms with Gasteiger partial charge in [-0.3, -0.25) is 9.59 Å². The average molecular weight is 330 g/mol. The molecule has 0 aromatic heterocycles. The standard InChI is InChI=1S/C19H26N2O3/c20-18(23)19(11-15-7-8-15)9-4-10-21(14-19)17(22)13-24-12-16-5-2-1-3-6-16/h1-3,5-6,15H,4,7-14H2,(H2,20,23). The molecule has 1 atom stereocenters. The SMILES string of the molecule is NC(=O)C1(CC2CC2)CCCN(C(=O)COCc2ccccc2)C1. The minimum Gasteiger partial charge on any atom is -0.369 e. The molecule has 2 amide bonds. The van der Waals surface area contributed by atoms with Gasteiger partial charge in [0.05, 0.1) is 12.0 Å². The summed E-state index contributed by atoms with van der Waals surface area (Å²) in [6.45, 7) is 1.61. The number of rotatable bonds is 7. The van der Waals surface area contributed by atoms with Crippen LogP contribution in [0.2, 0.25) is 0 Å². The molecule has 2 N–H and O–H groups in total. The van der Waals surface area contributed by atoms with E-state index in [2.05, 4.69) is 0 Å². The molecule has 2 fully saturated rings. The zero-order chi connectivity index (χ0) is 17.0. The molecule has 0 radical (unpaired) electrons. The minimum atomic E-state index is -0.533. The Morgan fingerprint density at radius 3 is 2.67 bits per heavy atom. The first-order chi connectivity index (χ1) is 11.6. The number of ether oxygens (including phenoxy) is 1. The number of likely N-dealkylation sites (tertiary alicyclic amines) is 1. The molecule has 1 aliphatic carbocycles. The molecule has 24 heavy (non-hydrogen) atoms. The Labute approximate surface area is 143 Å². The van der Waals surface area contributed by atoms with Crippen molar-refractivity contribution >= 4 is 11.8 Å². The predicted octanol–water partition coefficient (Wildman–Crippen LogP) is 2.10. The molecule has 1 aromatic rings. The highest BCUT2D eigenvalue weighted by atomic mass is 16.5. The van der Waals surface area contributed by atoms with E-state index < -0.39 is 5.41 Å². The van der Waals surface area contributed by atoms with Crippen LogP contribution >= 0.6 is 0 Å². The van der Waals surface area contributed by atoms with Crippen molar-refractivity contribution in [2.75, 3.05) is 19.7 Å². The third-order valence-electron chi connectivity index (χ3n) is 5.17. The molecule has 1 aromatic carbocycles. The summed E-state index contributed by atoms with van der Waals surface area (Å²) >= 11 is 0. The van der Waals surface area contributed by atoms with Gasteiger partial charge in [-0.25, -0.2) is 0 Å². The van der Waals surface area contributed by atoms with Crippen molar-refractivity contribution in [1.82, 2.24) is 4.90 Å². The molecule has 1 saturated heterocycles. The summed E-state index contributed by atoms with van der Waals surface area (Å²) in [5, 5.41) is 0. The first-order valence-electron chi connectivity index (χ1n) is 8.78. The quantitative estimate of drug-likeness (QED) is 0.832. The van der Waals surface area contributed by atoms with E-state index in [-0.39, 0.29) is 18.4 Å². The zero-order valence-electron chi connectivity index (χ0n) is 14.1. The van der Waals surface area contributed by atoms with Crippen molar-refractivity contribution in [3.05, 3.63) is 35.9 Å². The fourth-order valence-corrected chi connectivity index (χ4v) is 3.61. The molecule has 0 spiro atoms. The number of nitrogens with two attached hydrogens (primary N) is 1. The van der Waals surface area contributed by atoms with Gasteiger partial charge in [-0.05, 0) is 30.7 Å². The number of hydrogen-bond acceptors (Lipinski definition) is 3. The summed E-state index contributed by atoms with van der Waals surface area (Å²) < 4.78 is 5.55. The van der Waals surface area contributed by atoms with Gasteiger partial charge in [-0.2, -0.15) is 0 Å². The van der Waals surface area contributed by atoms with Gasteiger partial charge in [-0.1, -0.05) is 43.2 Å². The second kappa shape index (κ2) is 7.34. The van der Waals surface area contributed by atoms with Crippen molar-refractivity contribution in [1.29, 1.82) is 0 Å². The smallest absolute Gasteiger partial charge is 0.248 e. The molecular weight excluding hydrogens is 304 g/mol. The first-order valence-corrected chi connectivity index (χ1v) is 8.78. The van der Waals surface area contributed by atoms with Crippen LogP contribution in [0.1, 0.15) is 37.7 Å². The van der Waals surface area contributed by atoms with Crippen LogP contribution in [0.5, 0.6) is 0 Å². The van der Waals surface area contributed by atoms with Crippen LogP contribution in [-0.2, 0) is 20.9 Å². The Bertz CT molecular complexity index is 586. The molecular formula is C19H26N2O3. The molecule has 5 heteroatoms. The monoisotopic (exact) mass is 330 g/mol. The molecule has 1 unspecified atom stereocenters. The van der Waals surface area contributed by atoms with E-state index in [1.54, 1.807) is 4.90 Å². The van der Waals surface area contributed by atoms with Crippen LogP contribution in [0.4, 0.5) is 0 Å². The Kier molecular flexibility index (Phi) is 5.19. The van der Waals surface area contributed by atoms with Crippen LogP contribution in [0.3, 0.4) is 0 Å². The van der Waals surface area contributed by atoms with Gasteiger partial charge in [0.1, 0.15) is 6.61 Å².